The van der Waals surface area contributed by atoms with Crippen LogP contribution in [0.25, 0.3) is 0 Å². The zero-order chi connectivity index (χ0) is 11.5. The van der Waals surface area contributed by atoms with Gasteiger partial charge in [-0.3, -0.25) is 9.69 Å². The van der Waals surface area contributed by atoms with Crippen molar-refractivity contribution in [1.82, 2.24) is 15.1 Å². The van der Waals surface area contributed by atoms with Crippen molar-refractivity contribution in [3.63, 3.8) is 0 Å². The van der Waals surface area contributed by atoms with E-state index in [1.54, 1.807) is 0 Å². The van der Waals surface area contributed by atoms with Crippen LogP contribution >= 0.6 is 0 Å². The molecule has 1 atom stereocenters. The number of amides is 1. The molecule has 0 radical (unpaired) electrons. The second kappa shape index (κ2) is 5.15. The fraction of sp³-hybridized carbons (Fsp3) is 0.917. The van der Waals surface area contributed by atoms with Gasteiger partial charge in [0, 0.05) is 38.8 Å². The molecule has 4 nitrogen and oxygen atoms in total. The Morgan fingerprint density at radius 3 is 3.06 bits per heavy atom. The molecule has 1 unspecified atom stereocenters. The van der Waals surface area contributed by atoms with Crippen LogP contribution in [0, 0.1) is 5.92 Å². The Bertz CT molecular complexity index is 255. The third-order valence-electron chi connectivity index (χ3n) is 3.57. The quantitative estimate of drug-likeness (QED) is 0.742. The van der Waals surface area contributed by atoms with Crippen molar-refractivity contribution in [3.8, 4) is 0 Å². The van der Waals surface area contributed by atoms with Crippen molar-refractivity contribution in [2.45, 2.75) is 26.3 Å². The zero-order valence-corrected chi connectivity index (χ0v) is 10.4. The van der Waals surface area contributed by atoms with Gasteiger partial charge < -0.3 is 10.2 Å². The van der Waals surface area contributed by atoms with Crippen LogP contribution in [-0.2, 0) is 4.79 Å². The van der Waals surface area contributed by atoms with Crippen molar-refractivity contribution in [3.05, 3.63) is 0 Å². The maximum atomic E-state index is 11.9. The molecule has 0 aromatic rings. The van der Waals surface area contributed by atoms with Gasteiger partial charge >= 0.3 is 0 Å². The molecule has 0 saturated carbocycles. The van der Waals surface area contributed by atoms with E-state index in [4.69, 9.17) is 0 Å². The molecule has 2 saturated heterocycles. The molecule has 16 heavy (non-hydrogen) atoms. The van der Waals surface area contributed by atoms with Crippen LogP contribution < -0.4 is 5.32 Å². The first-order valence-electron chi connectivity index (χ1n) is 6.39. The van der Waals surface area contributed by atoms with Crippen molar-refractivity contribution < 1.29 is 4.79 Å². The summed E-state index contributed by atoms with van der Waals surface area (Å²) in [4.78, 5) is 16.3. The van der Waals surface area contributed by atoms with E-state index in [9.17, 15) is 4.79 Å². The van der Waals surface area contributed by atoms with Crippen LogP contribution in [0.5, 0.6) is 0 Å². The summed E-state index contributed by atoms with van der Waals surface area (Å²) in [6.45, 7) is 9.98. The molecule has 0 aromatic carbocycles. The highest BCUT2D eigenvalue weighted by molar-refractivity contribution is 5.79. The number of carbonyl (C=O) groups excluding carboxylic acids is 1. The molecule has 0 aromatic heterocycles. The summed E-state index contributed by atoms with van der Waals surface area (Å²) in [6, 6.07) is 0.540. The number of nitrogens with zero attached hydrogens (tertiary/aromatic N) is 2. The first-order chi connectivity index (χ1) is 7.66. The molecule has 4 heteroatoms. The van der Waals surface area contributed by atoms with Crippen LogP contribution in [0.1, 0.15) is 20.3 Å². The second-order valence-corrected chi connectivity index (χ2v) is 5.35. The Morgan fingerprint density at radius 2 is 2.31 bits per heavy atom. The minimum Gasteiger partial charge on any atom is -0.340 e. The minimum absolute atomic E-state index is 0.318. The maximum Gasteiger partial charge on any atom is 0.236 e. The largest absolute Gasteiger partial charge is 0.340 e. The Kier molecular flexibility index (Phi) is 3.82. The predicted octanol–water partition coefficient (Wildman–Crippen LogP) is 0.149. The zero-order valence-electron chi connectivity index (χ0n) is 10.4. The molecule has 92 valence electrons. The summed E-state index contributed by atoms with van der Waals surface area (Å²) in [5, 5.41) is 3.40. The first-order valence-corrected chi connectivity index (χ1v) is 6.39. The topological polar surface area (TPSA) is 35.6 Å². The summed E-state index contributed by atoms with van der Waals surface area (Å²) in [5.41, 5.74) is 0. The molecule has 0 aliphatic carbocycles. The monoisotopic (exact) mass is 225 g/mol. The lowest BCUT2D eigenvalue weighted by atomic mass is 10.1. The third-order valence-corrected chi connectivity index (χ3v) is 3.57. The number of hydrogen-bond donors (Lipinski definition) is 1. The Morgan fingerprint density at radius 1 is 1.50 bits per heavy atom. The van der Waals surface area contributed by atoms with E-state index < -0.39 is 0 Å². The number of fused-ring (bicyclic) bond motifs is 1. The highest BCUT2D eigenvalue weighted by atomic mass is 16.2. The lowest BCUT2D eigenvalue weighted by Crippen LogP contribution is -2.63. The van der Waals surface area contributed by atoms with E-state index in [-0.39, 0.29) is 0 Å². The SMILES string of the molecule is CC(C)CCN1CC2CNCCN2CC1=O. The molecule has 2 rings (SSSR count). The fourth-order valence-electron chi connectivity index (χ4n) is 2.45. The summed E-state index contributed by atoms with van der Waals surface area (Å²) in [7, 11) is 0. The molecule has 0 bridgehead atoms. The van der Waals surface area contributed by atoms with Gasteiger partial charge in [-0.2, -0.15) is 0 Å². The number of nitrogens with one attached hydrogen (secondary N) is 1. The Labute approximate surface area is 98.0 Å². The summed E-state index contributed by atoms with van der Waals surface area (Å²) < 4.78 is 0. The van der Waals surface area contributed by atoms with E-state index in [1.165, 1.54) is 0 Å². The molecule has 2 aliphatic rings. The molecule has 1 N–H and O–H groups in total. The van der Waals surface area contributed by atoms with Gasteiger partial charge in [0.05, 0.1) is 6.54 Å². The van der Waals surface area contributed by atoms with E-state index in [1.807, 2.05) is 4.90 Å². The van der Waals surface area contributed by atoms with Gasteiger partial charge in [0.25, 0.3) is 0 Å². The molecular weight excluding hydrogens is 202 g/mol. The minimum atomic E-state index is 0.318. The van der Waals surface area contributed by atoms with E-state index in [0.29, 0.717) is 24.4 Å². The van der Waals surface area contributed by atoms with E-state index in [0.717, 1.165) is 39.1 Å². The fourth-order valence-corrected chi connectivity index (χ4v) is 2.45. The van der Waals surface area contributed by atoms with Crippen LogP contribution in [0.2, 0.25) is 0 Å². The smallest absolute Gasteiger partial charge is 0.236 e. The highest BCUT2D eigenvalue weighted by Crippen LogP contribution is 2.14. The lowest BCUT2D eigenvalue weighted by Gasteiger charge is -2.43. The summed E-state index contributed by atoms with van der Waals surface area (Å²) >= 11 is 0. The average molecular weight is 225 g/mol. The molecule has 2 fully saturated rings. The third kappa shape index (κ3) is 2.74. The van der Waals surface area contributed by atoms with Crippen LogP contribution in [0.15, 0.2) is 0 Å². The van der Waals surface area contributed by atoms with Gasteiger partial charge in [-0.1, -0.05) is 13.8 Å². The normalized spacial score (nSPS) is 27.3. The molecule has 1 amide bonds. The first kappa shape index (κ1) is 11.9. The number of piperazine rings is 2. The van der Waals surface area contributed by atoms with Crippen LogP contribution in [0.3, 0.4) is 0 Å². The molecule has 2 heterocycles. The van der Waals surface area contributed by atoms with Gasteiger partial charge in [-0.15, -0.1) is 0 Å². The van der Waals surface area contributed by atoms with Crippen molar-refractivity contribution >= 4 is 5.91 Å². The Balaban J connectivity index is 1.87. The van der Waals surface area contributed by atoms with Gasteiger partial charge in [0.1, 0.15) is 0 Å². The summed E-state index contributed by atoms with van der Waals surface area (Å²) in [5.74, 6) is 0.995. The lowest BCUT2D eigenvalue weighted by molar-refractivity contribution is -0.139. The predicted molar refractivity (Wildman–Crippen MR) is 64.3 cm³/mol. The second-order valence-electron chi connectivity index (χ2n) is 5.35. The molecule has 0 spiro atoms. The maximum absolute atomic E-state index is 11.9. The van der Waals surface area contributed by atoms with Gasteiger partial charge in [0.2, 0.25) is 5.91 Å². The van der Waals surface area contributed by atoms with Gasteiger partial charge in [0.15, 0.2) is 0 Å². The van der Waals surface area contributed by atoms with Gasteiger partial charge in [-0.25, -0.2) is 0 Å². The summed E-state index contributed by atoms with van der Waals surface area (Å²) in [6.07, 6.45) is 1.12. The number of rotatable bonds is 3. The molecule has 2 aliphatic heterocycles. The van der Waals surface area contributed by atoms with E-state index >= 15 is 0 Å². The van der Waals surface area contributed by atoms with Gasteiger partial charge in [-0.05, 0) is 12.3 Å². The average Bonchev–Trinajstić information content (AvgIpc) is 2.26. The van der Waals surface area contributed by atoms with Crippen molar-refractivity contribution in [1.29, 1.82) is 0 Å². The van der Waals surface area contributed by atoms with Crippen molar-refractivity contribution in [2.75, 3.05) is 39.3 Å². The molecular formula is C12H23N3O. The standard InChI is InChI=1S/C12H23N3O/c1-10(2)3-5-15-8-11-7-13-4-6-14(11)9-12(15)16/h10-11,13H,3-9H2,1-2H3. The van der Waals surface area contributed by atoms with Crippen LogP contribution in [0.4, 0.5) is 0 Å². The number of hydrogen-bond acceptors (Lipinski definition) is 3. The van der Waals surface area contributed by atoms with E-state index in [2.05, 4.69) is 24.1 Å². The van der Waals surface area contributed by atoms with Crippen LogP contribution in [-0.4, -0.2) is 61.0 Å². The highest BCUT2D eigenvalue weighted by Gasteiger charge is 2.32. The Hall–Kier alpha value is -0.610. The van der Waals surface area contributed by atoms with Crippen molar-refractivity contribution in [2.24, 2.45) is 5.92 Å². The number of carbonyl (C=O) groups is 1.